The highest BCUT2D eigenvalue weighted by Crippen LogP contribution is 2.34. The molecule has 37 heavy (non-hydrogen) atoms. The molecule has 1 amide bonds. The fourth-order valence-electron chi connectivity index (χ4n) is 3.48. The molecule has 4 aromatic rings. The fraction of sp³-hybridized carbons (Fsp3) is 0.154. The number of benzene rings is 3. The maximum absolute atomic E-state index is 12.9. The predicted octanol–water partition coefficient (Wildman–Crippen LogP) is 7.55. The zero-order chi connectivity index (χ0) is 26.9. The third kappa shape index (κ3) is 6.00. The number of rotatable bonds is 6. The van der Waals surface area contributed by atoms with E-state index in [-0.39, 0.29) is 33.2 Å². The van der Waals surface area contributed by atoms with Crippen LogP contribution in [0.1, 0.15) is 16.7 Å². The smallest absolute Gasteiger partial charge is 0.416 e. The molecule has 0 atom stereocenters. The number of alkyl halides is 3. The summed E-state index contributed by atoms with van der Waals surface area (Å²) in [6.45, 7) is 3.11. The van der Waals surface area contributed by atoms with Crippen LogP contribution in [0.5, 0.6) is 17.2 Å². The summed E-state index contributed by atoms with van der Waals surface area (Å²) in [5, 5.41) is 3.05. The second-order valence-corrected chi connectivity index (χ2v) is 8.87. The van der Waals surface area contributed by atoms with Gasteiger partial charge in [0.25, 0.3) is 5.91 Å². The van der Waals surface area contributed by atoms with Crippen molar-refractivity contribution < 1.29 is 31.9 Å². The summed E-state index contributed by atoms with van der Waals surface area (Å²) >= 11 is 12.1. The minimum Gasteiger partial charge on any atom is -0.484 e. The van der Waals surface area contributed by atoms with Gasteiger partial charge in [0.1, 0.15) is 23.3 Å². The average molecular weight is 552 g/mol. The predicted molar refractivity (Wildman–Crippen MR) is 134 cm³/mol. The first-order chi connectivity index (χ1) is 17.4. The Balaban J connectivity index is 1.46. The molecule has 1 N–H and O–H groups in total. The van der Waals surface area contributed by atoms with Crippen LogP contribution in [0, 0.1) is 13.8 Å². The summed E-state index contributed by atoms with van der Waals surface area (Å²) in [5.41, 5.74) is 0.191. The van der Waals surface area contributed by atoms with Crippen molar-refractivity contribution in [2.45, 2.75) is 20.0 Å². The van der Waals surface area contributed by atoms with Gasteiger partial charge in [-0.2, -0.15) is 13.2 Å². The van der Waals surface area contributed by atoms with Gasteiger partial charge in [0.15, 0.2) is 6.61 Å². The zero-order valence-corrected chi connectivity index (χ0v) is 20.8. The molecule has 0 radical (unpaired) electrons. The van der Waals surface area contributed by atoms with Gasteiger partial charge in [0, 0.05) is 11.1 Å². The van der Waals surface area contributed by atoms with Crippen molar-refractivity contribution >= 4 is 45.8 Å². The lowest BCUT2D eigenvalue weighted by molar-refractivity contribution is -0.137. The highest BCUT2D eigenvalue weighted by atomic mass is 35.5. The summed E-state index contributed by atoms with van der Waals surface area (Å²) in [6.07, 6.45) is -3.43. The second-order valence-electron chi connectivity index (χ2n) is 8.09. The third-order valence-corrected chi connectivity index (χ3v) is 6.22. The minimum atomic E-state index is -4.59. The molecule has 1 heterocycles. The lowest BCUT2D eigenvalue weighted by Crippen LogP contribution is -2.20. The van der Waals surface area contributed by atoms with E-state index >= 15 is 0 Å². The number of halogens is 5. The van der Waals surface area contributed by atoms with Crippen molar-refractivity contribution in [3.8, 4) is 17.2 Å². The first kappa shape index (κ1) is 26.4. The van der Waals surface area contributed by atoms with E-state index in [2.05, 4.69) is 5.32 Å². The summed E-state index contributed by atoms with van der Waals surface area (Å²) in [7, 11) is 0. The number of amides is 1. The molecule has 11 heteroatoms. The van der Waals surface area contributed by atoms with Gasteiger partial charge in [-0.1, -0.05) is 23.2 Å². The number of carbonyl (C=O) groups excluding carboxylic acids is 1. The molecule has 4 rings (SSSR count). The van der Waals surface area contributed by atoms with Gasteiger partial charge in [0.2, 0.25) is 11.2 Å². The van der Waals surface area contributed by atoms with Gasteiger partial charge in [0.05, 0.1) is 21.7 Å². The van der Waals surface area contributed by atoms with Crippen LogP contribution in [-0.2, 0) is 11.0 Å². The highest BCUT2D eigenvalue weighted by molar-refractivity contribution is 6.33. The molecule has 3 aromatic carbocycles. The molecule has 192 valence electrons. The summed E-state index contributed by atoms with van der Waals surface area (Å²) in [4.78, 5) is 25.1. The number of carbonyl (C=O) groups is 1. The van der Waals surface area contributed by atoms with Crippen LogP contribution >= 0.6 is 23.2 Å². The Kier molecular flexibility index (Phi) is 7.38. The van der Waals surface area contributed by atoms with Crippen molar-refractivity contribution in [2.75, 3.05) is 11.9 Å². The average Bonchev–Trinajstić information content (AvgIpc) is 2.83. The Hall–Kier alpha value is -3.69. The number of fused-ring (bicyclic) bond motifs is 1. The normalized spacial score (nSPS) is 11.4. The summed E-state index contributed by atoms with van der Waals surface area (Å²) < 4.78 is 55.4. The topological polar surface area (TPSA) is 77.8 Å². The van der Waals surface area contributed by atoms with Crippen LogP contribution in [0.3, 0.4) is 0 Å². The van der Waals surface area contributed by atoms with Gasteiger partial charge in [-0.05, 0) is 67.4 Å². The van der Waals surface area contributed by atoms with E-state index in [9.17, 15) is 22.8 Å². The molecule has 6 nitrogen and oxygen atoms in total. The van der Waals surface area contributed by atoms with E-state index in [4.69, 9.17) is 37.1 Å². The molecule has 0 saturated carbocycles. The molecule has 0 aliphatic rings. The molecular weight excluding hydrogens is 534 g/mol. The number of aryl methyl sites for hydroxylation is 2. The van der Waals surface area contributed by atoms with Crippen molar-refractivity contribution in [1.82, 2.24) is 0 Å². The summed E-state index contributed by atoms with van der Waals surface area (Å²) in [6, 6.07) is 10.3. The highest BCUT2D eigenvalue weighted by Gasteiger charge is 2.31. The van der Waals surface area contributed by atoms with E-state index in [0.29, 0.717) is 10.8 Å². The van der Waals surface area contributed by atoms with Gasteiger partial charge in [-0.3, -0.25) is 9.59 Å². The Morgan fingerprint density at radius 2 is 1.70 bits per heavy atom. The van der Waals surface area contributed by atoms with Crippen LogP contribution in [0.25, 0.3) is 11.0 Å². The van der Waals surface area contributed by atoms with Crippen molar-refractivity contribution in [3.05, 3.63) is 91.8 Å². The Morgan fingerprint density at radius 1 is 1.00 bits per heavy atom. The molecule has 0 aliphatic carbocycles. The van der Waals surface area contributed by atoms with Crippen molar-refractivity contribution in [3.63, 3.8) is 0 Å². The lowest BCUT2D eigenvalue weighted by atomic mass is 10.1. The second kappa shape index (κ2) is 10.4. The van der Waals surface area contributed by atoms with Crippen LogP contribution in [0.4, 0.5) is 18.9 Å². The van der Waals surface area contributed by atoms with E-state index in [1.807, 2.05) is 13.8 Å². The maximum atomic E-state index is 12.9. The molecule has 0 fully saturated rings. The number of hydrogen-bond acceptors (Lipinski definition) is 5. The fourth-order valence-corrected chi connectivity index (χ4v) is 3.75. The molecular formula is C26H18Cl2F3NO5. The first-order valence-electron chi connectivity index (χ1n) is 10.7. The SMILES string of the molecule is Cc1cc(Oc2coc3cc(OCC(=O)Nc4cc(C(F)(F)F)ccc4Cl)ccc3c2=O)cc(C)c1Cl. The largest absolute Gasteiger partial charge is 0.484 e. The molecule has 0 unspecified atom stereocenters. The third-order valence-electron chi connectivity index (χ3n) is 5.29. The Bertz CT molecular complexity index is 1540. The lowest BCUT2D eigenvalue weighted by Gasteiger charge is -2.12. The molecule has 0 bridgehead atoms. The van der Waals surface area contributed by atoms with Crippen LogP contribution in [-0.4, -0.2) is 12.5 Å². The minimum absolute atomic E-state index is 0.0281. The number of hydrogen-bond donors (Lipinski definition) is 1. The quantitative estimate of drug-likeness (QED) is 0.267. The zero-order valence-electron chi connectivity index (χ0n) is 19.3. The maximum Gasteiger partial charge on any atom is 0.416 e. The van der Waals surface area contributed by atoms with E-state index < -0.39 is 29.7 Å². The van der Waals surface area contributed by atoms with E-state index in [1.165, 1.54) is 18.2 Å². The monoisotopic (exact) mass is 551 g/mol. The van der Waals surface area contributed by atoms with Crippen LogP contribution < -0.4 is 20.2 Å². The van der Waals surface area contributed by atoms with Gasteiger partial charge in [-0.25, -0.2) is 0 Å². The number of anilines is 1. The van der Waals surface area contributed by atoms with Gasteiger partial charge in [-0.15, -0.1) is 0 Å². The van der Waals surface area contributed by atoms with Crippen molar-refractivity contribution in [2.24, 2.45) is 0 Å². The van der Waals surface area contributed by atoms with Crippen molar-refractivity contribution in [1.29, 1.82) is 0 Å². The Labute approximate surface area is 218 Å². The Morgan fingerprint density at radius 3 is 2.38 bits per heavy atom. The van der Waals surface area contributed by atoms with E-state index in [0.717, 1.165) is 35.6 Å². The van der Waals surface area contributed by atoms with Crippen LogP contribution in [0.2, 0.25) is 10.0 Å². The van der Waals surface area contributed by atoms with Gasteiger partial charge < -0.3 is 19.2 Å². The molecule has 0 aliphatic heterocycles. The summed E-state index contributed by atoms with van der Waals surface area (Å²) in [5.74, 6) is -0.142. The number of nitrogens with one attached hydrogen (secondary N) is 1. The van der Waals surface area contributed by atoms with Crippen LogP contribution in [0.15, 0.2) is 64.0 Å². The van der Waals surface area contributed by atoms with Gasteiger partial charge >= 0.3 is 6.18 Å². The number of ether oxygens (including phenoxy) is 2. The molecule has 1 aromatic heterocycles. The van der Waals surface area contributed by atoms with E-state index in [1.54, 1.807) is 12.1 Å². The standard InChI is InChI=1S/C26H18Cl2F3NO5/c1-13-7-17(8-14(2)24(13)28)37-22-11-36-21-10-16(4-5-18(21)25(22)34)35-12-23(33)32-20-9-15(26(29,30)31)3-6-19(20)27/h3-11H,12H2,1-2H3,(H,32,33). The first-order valence-corrected chi connectivity index (χ1v) is 11.5. The molecule has 0 saturated heterocycles. The molecule has 0 spiro atoms.